The fourth-order valence-corrected chi connectivity index (χ4v) is 1.43. The van der Waals surface area contributed by atoms with E-state index in [-0.39, 0.29) is 0 Å². The Labute approximate surface area is 65.1 Å². The first-order valence-corrected chi connectivity index (χ1v) is 3.59. The summed E-state index contributed by atoms with van der Waals surface area (Å²) in [5.41, 5.74) is 1.64. The summed E-state index contributed by atoms with van der Waals surface area (Å²) >= 11 is 0. The smallest absolute Gasteiger partial charge is 0.0854 e. The molecule has 1 aliphatic carbocycles. The van der Waals surface area contributed by atoms with Gasteiger partial charge in [-0.1, -0.05) is 24.3 Å². The molecule has 2 rings (SSSR count). The van der Waals surface area contributed by atoms with Crippen molar-refractivity contribution in [2.45, 2.75) is 12.2 Å². The predicted molar refractivity (Wildman–Crippen MR) is 40.7 cm³/mol. The predicted octanol–water partition coefficient (Wildman–Crippen LogP) is 0.971. The van der Waals surface area contributed by atoms with E-state index in [1.165, 1.54) is 6.42 Å². The molecule has 0 saturated carbocycles. The zero-order chi connectivity index (χ0) is 7.84. The molecule has 0 amide bonds. The third-order valence-electron chi connectivity index (χ3n) is 2.00. The molecule has 1 aromatic rings. The number of hydrogen-bond acceptors (Lipinski definition) is 2. The first kappa shape index (κ1) is 6.83. The molecule has 0 spiro atoms. The van der Waals surface area contributed by atoms with E-state index in [4.69, 9.17) is 0 Å². The van der Waals surface area contributed by atoms with Gasteiger partial charge in [-0.3, -0.25) is 0 Å². The van der Waals surface area contributed by atoms with Gasteiger partial charge in [-0.05, 0) is 11.1 Å². The van der Waals surface area contributed by atoms with Gasteiger partial charge in [0.05, 0.1) is 12.2 Å². The summed E-state index contributed by atoms with van der Waals surface area (Å²) in [6.07, 6.45) is 0.326. The Morgan fingerprint density at radius 1 is 0.909 bits per heavy atom. The van der Waals surface area contributed by atoms with Gasteiger partial charge in [0.2, 0.25) is 0 Å². The minimum atomic E-state index is -0.596. The maximum Gasteiger partial charge on any atom is 0.0854 e. The van der Waals surface area contributed by atoms with E-state index in [0.717, 1.165) is 11.1 Å². The highest BCUT2D eigenvalue weighted by atomic mass is 16.3. The van der Waals surface area contributed by atoms with Crippen LogP contribution in [0.3, 0.4) is 0 Å². The molecule has 0 fully saturated rings. The highest BCUT2D eigenvalue weighted by Gasteiger charge is 2.27. The molecule has 0 bridgehead atoms. The molecule has 57 valence electrons. The average molecular weight is 149 g/mol. The van der Waals surface area contributed by atoms with Crippen LogP contribution in [0.5, 0.6) is 0 Å². The van der Waals surface area contributed by atoms with Gasteiger partial charge in [0.15, 0.2) is 0 Å². The van der Waals surface area contributed by atoms with Gasteiger partial charge < -0.3 is 10.2 Å². The van der Waals surface area contributed by atoms with E-state index in [2.05, 4.69) is 0 Å². The van der Waals surface area contributed by atoms with Crippen LogP contribution in [0.2, 0.25) is 0 Å². The molecule has 2 heteroatoms. The zero-order valence-corrected chi connectivity index (χ0v) is 5.94. The number of fused-ring (bicyclic) bond motifs is 1. The molecule has 1 radical (unpaired) electrons. The maximum absolute atomic E-state index is 9.34. The van der Waals surface area contributed by atoms with Crippen molar-refractivity contribution >= 4 is 0 Å². The monoisotopic (exact) mass is 149 g/mol. The lowest BCUT2D eigenvalue weighted by Crippen LogP contribution is -1.91. The molecule has 0 aliphatic heterocycles. The van der Waals surface area contributed by atoms with Gasteiger partial charge in [0, 0.05) is 6.42 Å². The van der Waals surface area contributed by atoms with Crippen molar-refractivity contribution in [3.63, 3.8) is 0 Å². The minimum Gasteiger partial charge on any atom is -0.388 e. The zero-order valence-electron chi connectivity index (χ0n) is 5.94. The van der Waals surface area contributed by atoms with E-state index in [1.807, 2.05) is 24.3 Å². The number of aliphatic hydroxyl groups excluding tert-OH is 2. The Morgan fingerprint density at radius 2 is 1.36 bits per heavy atom. The SMILES string of the molecule is OC1[CH]C(O)c2ccccc21. The standard InChI is InChI=1S/C9H9O2/c10-8-5-9(11)7-4-2-1-3-6(7)8/h1-5,8-11H. The van der Waals surface area contributed by atoms with Crippen LogP contribution in [0.1, 0.15) is 23.3 Å². The van der Waals surface area contributed by atoms with E-state index < -0.39 is 12.2 Å². The highest BCUT2D eigenvalue weighted by Crippen LogP contribution is 2.36. The Morgan fingerprint density at radius 3 is 1.82 bits per heavy atom. The molecule has 0 saturated heterocycles. The van der Waals surface area contributed by atoms with E-state index in [1.54, 1.807) is 0 Å². The van der Waals surface area contributed by atoms with Gasteiger partial charge in [-0.2, -0.15) is 0 Å². The van der Waals surface area contributed by atoms with Crippen molar-refractivity contribution in [2.75, 3.05) is 0 Å². The van der Waals surface area contributed by atoms with E-state index >= 15 is 0 Å². The maximum atomic E-state index is 9.34. The van der Waals surface area contributed by atoms with Crippen molar-refractivity contribution in [2.24, 2.45) is 0 Å². The molecule has 0 aromatic heterocycles. The van der Waals surface area contributed by atoms with Crippen LogP contribution in [-0.4, -0.2) is 10.2 Å². The lowest BCUT2D eigenvalue weighted by Gasteiger charge is -2.00. The van der Waals surface area contributed by atoms with Crippen molar-refractivity contribution < 1.29 is 10.2 Å². The minimum absolute atomic E-state index is 0.596. The summed E-state index contributed by atoms with van der Waals surface area (Å²) in [7, 11) is 0. The largest absolute Gasteiger partial charge is 0.388 e. The Bertz CT molecular complexity index is 243. The average Bonchev–Trinajstić information content (AvgIpc) is 2.30. The second kappa shape index (κ2) is 2.32. The van der Waals surface area contributed by atoms with Crippen LogP contribution in [0, 0.1) is 6.42 Å². The Hall–Kier alpha value is -0.860. The fourth-order valence-electron chi connectivity index (χ4n) is 1.43. The van der Waals surface area contributed by atoms with Gasteiger partial charge in [-0.15, -0.1) is 0 Å². The molecule has 2 nitrogen and oxygen atoms in total. The second-order valence-electron chi connectivity index (χ2n) is 2.71. The van der Waals surface area contributed by atoms with Gasteiger partial charge >= 0.3 is 0 Å². The van der Waals surface area contributed by atoms with Crippen LogP contribution >= 0.6 is 0 Å². The topological polar surface area (TPSA) is 40.5 Å². The molecule has 11 heavy (non-hydrogen) atoms. The van der Waals surface area contributed by atoms with Crippen molar-refractivity contribution in [1.82, 2.24) is 0 Å². The van der Waals surface area contributed by atoms with Crippen molar-refractivity contribution in [3.8, 4) is 0 Å². The number of aliphatic hydroxyl groups is 2. The molecule has 2 atom stereocenters. The van der Waals surface area contributed by atoms with Crippen LogP contribution in [-0.2, 0) is 0 Å². The van der Waals surface area contributed by atoms with Gasteiger partial charge in [-0.25, -0.2) is 0 Å². The second-order valence-corrected chi connectivity index (χ2v) is 2.71. The summed E-state index contributed by atoms with van der Waals surface area (Å²) in [6.45, 7) is 0. The van der Waals surface area contributed by atoms with Crippen LogP contribution < -0.4 is 0 Å². The normalized spacial score (nSPS) is 28.5. The molecular weight excluding hydrogens is 140 g/mol. The summed E-state index contributed by atoms with van der Waals surface area (Å²) in [6, 6.07) is 7.36. The number of benzene rings is 1. The van der Waals surface area contributed by atoms with Crippen LogP contribution in [0.25, 0.3) is 0 Å². The Kier molecular flexibility index (Phi) is 1.44. The quantitative estimate of drug-likeness (QED) is 0.577. The molecule has 0 heterocycles. The molecule has 2 unspecified atom stereocenters. The summed E-state index contributed by atoms with van der Waals surface area (Å²) in [5, 5.41) is 18.7. The molecular formula is C9H9O2. The highest BCUT2D eigenvalue weighted by molar-refractivity contribution is 5.39. The third kappa shape index (κ3) is 0.951. The molecule has 2 N–H and O–H groups in total. The summed E-state index contributed by atoms with van der Waals surface area (Å²) in [5.74, 6) is 0. The summed E-state index contributed by atoms with van der Waals surface area (Å²) < 4.78 is 0. The van der Waals surface area contributed by atoms with Gasteiger partial charge in [0.1, 0.15) is 0 Å². The van der Waals surface area contributed by atoms with Crippen molar-refractivity contribution in [3.05, 3.63) is 41.8 Å². The Balaban J connectivity index is 2.52. The lowest BCUT2D eigenvalue weighted by atomic mass is 10.1. The molecule has 1 aliphatic rings. The van der Waals surface area contributed by atoms with Gasteiger partial charge in [0.25, 0.3) is 0 Å². The summed E-state index contributed by atoms with van der Waals surface area (Å²) in [4.78, 5) is 0. The van der Waals surface area contributed by atoms with E-state index in [0.29, 0.717) is 0 Å². The molecule has 1 aromatic carbocycles. The fraction of sp³-hybridized carbons (Fsp3) is 0.222. The van der Waals surface area contributed by atoms with Crippen LogP contribution in [0.4, 0.5) is 0 Å². The first-order valence-electron chi connectivity index (χ1n) is 3.59. The number of rotatable bonds is 0. The number of hydrogen-bond donors (Lipinski definition) is 2. The first-order chi connectivity index (χ1) is 5.29. The lowest BCUT2D eigenvalue weighted by molar-refractivity contribution is 0.165. The van der Waals surface area contributed by atoms with E-state index in [9.17, 15) is 10.2 Å². The van der Waals surface area contributed by atoms with Crippen molar-refractivity contribution in [1.29, 1.82) is 0 Å². The van der Waals surface area contributed by atoms with Crippen LogP contribution in [0.15, 0.2) is 24.3 Å². The third-order valence-corrected chi connectivity index (χ3v) is 2.00.